The molecule has 1 aromatic rings. The molecule has 0 amide bonds. The molecule has 1 aromatic carbocycles. The van der Waals surface area contributed by atoms with Crippen molar-refractivity contribution in [1.82, 2.24) is 4.90 Å². The van der Waals surface area contributed by atoms with Gasteiger partial charge in [0.1, 0.15) is 5.75 Å². The number of ether oxygens (including phenoxy) is 1. The van der Waals surface area contributed by atoms with E-state index in [-0.39, 0.29) is 5.97 Å². The number of aryl methyl sites for hydroxylation is 1. The van der Waals surface area contributed by atoms with Crippen LogP contribution in [-0.4, -0.2) is 17.9 Å². The number of rotatable bonds is 0. The van der Waals surface area contributed by atoms with Crippen molar-refractivity contribution >= 4 is 11.5 Å². The minimum absolute atomic E-state index is 0.280. The van der Waals surface area contributed by atoms with Crippen molar-refractivity contribution < 1.29 is 9.53 Å². The molecule has 0 radical (unpaired) electrons. The van der Waals surface area contributed by atoms with Crippen LogP contribution in [0.3, 0.4) is 0 Å². The molecule has 18 heavy (non-hydrogen) atoms. The third-order valence-electron chi connectivity index (χ3n) is 3.12. The Labute approximate surface area is 106 Å². The van der Waals surface area contributed by atoms with Crippen molar-refractivity contribution in [3.8, 4) is 5.75 Å². The molecule has 0 fully saturated rings. The highest BCUT2D eigenvalue weighted by atomic mass is 16.5. The van der Waals surface area contributed by atoms with Gasteiger partial charge < -0.3 is 9.64 Å². The van der Waals surface area contributed by atoms with Crippen LogP contribution in [-0.2, 0) is 4.79 Å². The summed E-state index contributed by atoms with van der Waals surface area (Å²) in [5.74, 6) is 0.372. The highest BCUT2D eigenvalue weighted by Crippen LogP contribution is 2.38. The first kappa shape index (κ1) is 10.8. The van der Waals surface area contributed by atoms with Gasteiger partial charge in [-0.3, -0.25) is 0 Å². The molecule has 2 aliphatic heterocycles. The van der Waals surface area contributed by atoms with Gasteiger partial charge >= 0.3 is 5.97 Å². The van der Waals surface area contributed by atoms with Gasteiger partial charge in [-0.2, -0.15) is 0 Å². The Morgan fingerprint density at radius 2 is 2.06 bits per heavy atom. The van der Waals surface area contributed by atoms with E-state index in [0.29, 0.717) is 11.3 Å². The number of allylic oxidation sites excluding steroid dienone is 3. The standard InChI is InChI=1S/C15H13NO2/c1-10-6-7-11-13(9-10)18-15(17)14(11)12-5-3-4-8-16(12)2/h3-9H,1-2H3/b14-12+. The first-order chi connectivity index (χ1) is 8.66. The van der Waals surface area contributed by atoms with Gasteiger partial charge in [-0.1, -0.05) is 18.2 Å². The molecule has 2 heterocycles. The summed E-state index contributed by atoms with van der Waals surface area (Å²) >= 11 is 0. The maximum atomic E-state index is 12.0. The van der Waals surface area contributed by atoms with Crippen LogP contribution in [0.2, 0.25) is 0 Å². The largest absolute Gasteiger partial charge is 0.422 e. The Hall–Kier alpha value is -2.29. The second kappa shape index (κ2) is 3.88. The lowest BCUT2D eigenvalue weighted by Gasteiger charge is -2.19. The summed E-state index contributed by atoms with van der Waals surface area (Å²) in [6.07, 6.45) is 7.69. The van der Waals surface area contributed by atoms with E-state index in [1.54, 1.807) is 0 Å². The van der Waals surface area contributed by atoms with Gasteiger partial charge in [0.2, 0.25) is 0 Å². The second-order valence-electron chi connectivity index (χ2n) is 4.46. The quantitative estimate of drug-likeness (QED) is 0.396. The molecule has 0 saturated heterocycles. The van der Waals surface area contributed by atoms with E-state index in [1.807, 2.05) is 61.5 Å². The van der Waals surface area contributed by atoms with Crippen molar-refractivity contribution in [3.63, 3.8) is 0 Å². The molecule has 0 aromatic heterocycles. The van der Waals surface area contributed by atoms with Crippen molar-refractivity contribution in [3.05, 3.63) is 59.5 Å². The highest BCUT2D eigenvalue weighted by molar-refractivity contribution is 6.22. The van der Waals surface area contributed by atoms with Gasteiger partial charge in [0, 0.05) is 18.8 Å². The van der Waals surface area contributed by atoms with Crippen LogP contribution in [0.5, 0.6) is 5.75 Å². The third-order valence-corrected chi connectivity index (χ3v) is 3.12. The fraction of sp³-hybridized carbons (Fsp3) is 0.133. The van der Waals surface area contributed by atoms with Gasteiger partial charge in [-0.25, -0.2) is 4.79 Å². The molecule has 0 unspecified atom stereocenters. The molecule has 3 heteroatoms. The summed E-state index contributed by atoms with van der Waals surface area (Å²) in [6.45, 7) is 1.98. The van der Waals surface area contributed by atoms with E-state index in [9.17, 15) is 4.79 Å². The topological polar surface area (TPSA) is 29.5 Å². The van der Waals surface area contributed by atoms with Crippen LogP contribution in [0.25, 0.3) is 5.57 Å². The lowest BCUT2D eigenvalue weighted by Crippen LogP contribution is -2.15. The number of hydrogen-bond acceptors (Lipinski definition) is 3. The third kappa shape index (κ3) is 1.56. The monoisotopic (exact) mass is 239 g/mol. The fourth-order valence-corrected chi connectivity index (χ4v) is 2.21. The van der Waals surface area contributed by atoms with Crippen molar-refractivity contribution in [2.45, 2.75) is 6.92 Å². The minimum atomic E-state index is -0.280. The predicted molar refractivity (Wildman–Crippen MR) is 69.8 cm³/mol. The summed E-state index contributed by atoms with van der Waals surface area (Å²) in [7, 11) is 1.92. The number of nitrogens with zero attached hydrogens (tertiary/aromatic N) is 1. The van der Waals surface area contributed by atoms with Crippen LogP contribution >= 0.6 is 0 Å². The van der Waals surface area contributed by atoms with Gasteiger partial charge in [-0.15, -0.1) is 0 Å². The molecular formula is C15H13NO2. The summed E-state index contributed by atoms with van der Waals surface area (Å²) in [5, 5.41) is 0. The van der Waals surface area contributed by atoms with Gasteiger partial charge in [-0.05, 0) is 30.7 Å². The van der Waals surface area contributed by atoms with Crippen LogP contribution in [0.15, 0.2) is 48.3 Å². The number of likely N-dealkylation sites (N-methyl/N-ethyl adjacent to an activating group) is 1. The Kier molecular flexibility index (Phi) is 2.33. The number of benzene rings is 1. The first-order valence-corrected chi connectivity index (χ1v) is 5.82. The number of esters is 1. The fourth-order valence-electron chi connectivity index (χ4n) is 2.21. The van der Waals surface area contributed by atoms with E-state index in [1.165, 1.54) is 0 Å². The summed E-state index contributed by atoms with van der Waals surface area (Å²) in [4.78, 5) is 13.9. The molecule has 3 nitrogen and oxygen atoms in total. The molecule has 0 spiro atoms. The second-order valence-corrected chi connectivity index (χ2v) is 4.46. The maximum absolute atomic E-state index is 12.0. The van der Waals surface area contributed by atoms with E-state index in [0.717, 1.165) is 16.8 Å². The average Bonchev–Trinajstić information content (AvgIpc) is 2.65. The zero-order valence-corrected chi connectivity index (χ0v) is 10.3. The van der Waals surface area contributed by atoms with E-state index < -0.39 is 0 Å². The van der Waals surface area contributed by atoms with Gasteiger partial charge in [0.25, 0.3) is 0 Å². The Balaban J connectivity index is 2.20. The molecule has 0 aliphatic carbocycles. The molecule has 0 saturated carbocycles. The van der Waals surface area contributed by atoms with E-state index >= 15 is 0 Å². The molecule has 0 atom stereocenters. The molecule has 3 rings (SSSR count). The van der Waals surface area contributed by atoms with E-state index in [4.69, 9.17) is 4.74 Å². The maximum Gasteiger partial charge on any atom is 0.346 e. The lowest BCUT2D eigenvalue weighted by molar-refractivity contribution is -0.127. The highest BCUT2D eigenvalue weighted by Gasteiger charge is 2.30. The summed E-state index contributed by atoms with van der Waals surface area (Å²) < 4.78 is 5.32. The smallest absolute Gasteiger partial charge is 0.346 e. The van der Waals surface area contributed by atoms with Crippen LogP contribution < -0.4 is 4.74 Å². The van der Waals surface area contributed by atoms with Crippen LogP contribution in [0.4, 0.5) is 0 Å². The zero-order chi connectivity index (χ0) is 12.7. The van der Waals surface area contributed by atoms with Gasteiger partial charge in [0.15, 0.2) is 0 Å². The van der Waals surface area contributed by atoms with Crippen LogP contribution in [0, 0.1) is 6.92 Å². The molecular weight excluding hydrogens is 226 g/mol. The average molecular weight is 239 g/mol. The van der Waals surface area contributed by atoms with E-state index in [2.05, 4.69) is 0 Å². The van der Waals surface area contributed by atoms with Gasteiger partial charge in [0.05, 0.1) is 11.3 Å². The van der Waals surface area contributed by atoms with Crippen molar-refractivity contribution in [2.75, 3.05) is 7.05 Å². The SMILES string of the molecule is Cc1ccc2c(c1)OC(=O)/C2=C1\C=CC=CN1C. The summed E-state index contributed by atoms with van der Waals surface area (Å²) in [5.41, 5.74) is 3.45. The number of hydrogen-bond donors (Lipinski definition) is 0. The zero-order valence-electron chi connectivity index (χ0n) is 10.3. The Morgan fingerprint density at radius 1 is 1.22 bits per heavy atom. The van der Waals surface area contributed by atoms with Crippen LogP contribution in [0.1, 0.15) is 11.1 Å². The Bertz CT molecular complexity index is 623. The molecule has 90 valence electrons. The Morgan fingerprint density at radius 3 is 2.83 bits per heavy atom. The molecule has 2 aliphatic rings. The minimum Gasteiger partial charge on any atom is -0.422 e. The lowest BCUT2D eigenvalue weighted by atomic mass is 10.0. The number of carbonyl (C=O) groups is 1. The van der Waals surface area contributed by atoms with Crippen molar-refractivity contribution in [2.24, 2.45) is 0 Å². The number of fused-ring (bicyclic) bond motifs is 1. The van der Waals surface area contributed by atoms with Crippen molar-refractivity contribution in [1.29, 1.82) is 0 Å². The normalized spacial score (nSPS) is 21.2. The molecule has 0 N–H and O–H groups in total. The summed E-state index contributed by atoms with van der Waals surface area (Å²) in [6, 6.07) is 5.82. The molecule has 0 bridgehead atoms. The first-order valence-electron chi connectivity index (χ1n) is 5.82. The predicted octanol–water partition coefficient (Wildman–Crippen LogP) is 2.64. The number of carbonyl (C=O) groups excluding carboxylic acids is 1.